The Morgan fingerprint density at radius 3 is 1.97 bits per heavy atom. The highest BCUT2D eigenvalue weighted by atomic mass is 16.5. The summed E-state index contributed by atoms with van der Waals surface area (Å²) in [4.78, 5) is 13.5. The van der Waals surface area contributed by atoms with Gasteiger partial charge in [-0.1, -0.05) is 29.7 Å². The van der Waals surface area contributed by atoms with Gasteiger partial charge < -0.3 is 20.3 Å². The summed E-state index contributed by atoms with van der Waals surface area (Å²) in [5, 5.41) is 24.3. The molecule has 33 heavy (non-hydrogen) atoms. The Morgan fingerprint density at radius 2 is 1.36 bits per heavy atom. The van der Waals surface area contributed by atoms with Crippen LogP contribution >= 0.6 is 0 Å². The van der Waals surface area contributed by atoms with E-state index in [1.807, 2.05) is 44.2 Å². The first kappa shape index (κ1) is 21.7. The molecule has 7 nitrogen and oxygen atoms in total. The molecule has 7 heteroatoms. The van der Waals surface area contributed by atoms with E-state index in [0.717, 1.165) is 16.8 Å². The number of hydrogen-bond acceptors (Lipinski definition) is 7. The molecule has 1 aromatic heterocycles. The van der Waals surface area contributed by atoms with Crippen LogP contribution in [0.3, 0.4) is 0 Å². The minimum atomic E-state index is -0.0723. The van der Waals surface area contributed by atoms with Crippen LogP contribution in [0.4, 0.5) is 11.6 Å². The molecule has 0 aliphatic heterocycles. The van der Waals surface area contributed by atoms with Crippen molar-refractivity contribution >= 4 is 11.6 Å². The summed E-state index contributed by atoms with van der Waals surface area (Å²) in [6.45, 7) is 5.55. The third kappa shape index (κ3) is 5.02. The largest absolute Gasteiger partial charge is 0.507 e. The van der Waals surface area contributed by atoms with E-state index >= 15 is 0 Å². The molecule has 4 rings (SSSR count). The molecular formula is C26H22N4O3. The van der Waals surface area contributed by atoms with Gasteiger partial charge in [-0.3, -0.25) is 0 Å². The first-order valence-electron chi connectivity index (χ1n) is 10.2. The fourth-order valence-electron chi connectivity index (χ4n) is 3.14. The SMILES string of the molecule is CC#COc1ccc(-c2nc(Nc3ccc(C)cc3)nc(-c3ccc(C)cc3O)n2)c(O)c1. The van der Waals surface area contributed by atoms with Crippen LogP contribution < -0.4 is 10.1 Å². The van der Waals surface area contributed by atoms with Gasteiger partial charge in [0.15, 0.2) is 11.6 Å². The van der Waals surface area contributed by atoms with Crippen molar-refractivity contribution in [3.8, 4) is 52.1 Å². The molecule has 0 saturated carbocycles. The maximum absolute atomic E-state index is 10.6. The predicted octanol–water partition coefficient (Wildman–Crippen LogP) is 5.34. The van der Waals surface area contributed by atoms with Gasteiger partial charge in [-0.2, -0.15) is 9.97 Å². The highest BCUT2D eigenvalue weighted by Crippen LogP contribution is 2.34. The molecule has 164 valence electrons. The normalized spacial score (nSPS) is 10.3. The van der Waals surface area contributed by atoms with E-state index in [2.05, 4.69) is 32.3 Å². The monoisotopic (exact) mass is 438 g/mol. The standard InChI is InChI=1S/C26H22N4O3/c1-4-13-33-19-10-12-21(23(32)15-19)25-28-24(20-11-7-17(3)14-22(20)31)29-26(30-25)27-18-8-5-16(2)6-9-18/h5-12,14-15,31-32H,1-3H3,(H,27,28,29,30). The molecule has 3 aromatic carbocycles. The number of hydrogen-bond donors (Lipinski definition) is 3. The Hall–Kier alpha value is -4.57. The molecule has 0 radical (unpaired) electrons. The van der Waals surface area contributed by atoms with Gasteiger partial charge in [0.25, 0.3) is 0 Å². The first-order valence-corrected chi connectivity index (χ1v) is 10.2. The lowest BCUT2D eigenvalue weighted by Gasteiger charge is -2.12. The minimum absolute atomic E-state index is 0.0551. The number of nitrogens with zero attached hydrogens (tertiary/aromatic N) is 3. The summed E-state index contributed by atoms with van der Waals surface area (Å²) in [6, 6.07) is 17.8. The smallest absolute Gasteiger partial charge is 0.231 e. The zero-order valence-electron chi connectivity index (χ0n) is 18.4. The van der Waals surface area contributed by atoms with Crippen LogP contribution in [-0.4, -0.2) is 25.2 Å². The molecule has 0 aliphatic carbocycles. The van der Waals surface area contributed by atoms with Gasteiger partial charge in [-0.05, 0) is 55.8 Å². The number of phenols is 2. The third-order valence-corrected chi connectivity index (χ3v) is 4.82. The van der Waals surface area contributed by atoms with E-state index in [9.17, 15) is 10.2 Å². The van der Waals surface area contributed by atoms with E-state index in [4.69, 9.17) is 4.74 Å². The van der Waals surface area contributed by atoms with Crippen molar-refractivity contribution < 1.29 is 14.9 Å². The van der Waals surface area contributed by atoms with E-state index in [-0.39, 0.29) is 29.1 Å². The summed E-state index contributed by atoms with van der Waals surface area (Å²) in [7, 11) is 0. The highest BCUT2D eigenvalue weighted by molar-refractivity contribution is 5.71. The molecule has 4 aromatic rings. The maximum Gasteiger partial charge on any atom is 0.231 e. The fourth-order valence-corrected chi connectivity index (χ4v) is 3.14. The molecule has 0 saturated heterocycles. The summed E-state index contributed by atoms with van der Waals surface area (Å²) in [5.74, 6) is 3.79. The molecule has 0 amide bonds. The lowest BCUT2D eigenvalue weighted by atomic mass is 10.1. The van der Waals surface area contributed by atoms with Gasteiger partial charge in [-0.25, -0.2) is 4.98 Å². The quantitative estimate of drug-likeness (QED) is 0.362. The van der Waals surface area contributed by atoms with Crippen molar-refractivity contribution in [1.29, 1.82) is 0 Å². The summed E-state index contributed by atoms with van der Waals surface area (Å²) in [6.07, 6.45) is 2.49. The molecule has 0 bridgehead atoms. The number of rotatable bonds is 5. The Morgan fingerprint density at radius 1 is 0.758 bits per heavy atom. The average molecular weight is 438 g/mol. The Kier molecular flexibility index (Phi) is 6.09. The van der Waals surface area contributed by atoms with E-state index < -0.39 is 0 Å². The van der Waals surface area contributed by atoms with Crippen molar-refractivity contribution in [3.05, 3.63) is 71.8 Å². The number of anilines is 2. The van der Waals surface area contributed by atoms with E-state index in [1.54, 1.807) is 31.2 Å². The van der Waals surface area contributed by atoms with Crippen LogP contribution in [0.2, 0.25) is 0 Å². The van der Waals surface area contributed by atoms with Crippen molar-refractivity contribution in [2.75, 3.05) is 5.32 Å². The second kappa shape index (κ2) is 9.28. The number of benzene rings is 3. The molecule has 1 heterocycles. The zero-order chi connectivity index (χ0) is 23.4. The van der Waals surface area contributed by atoms with Gasteiger partial charge in [0, 0.05) is 18.7 Å². The van der Waals surface area contributed by atoms with Gasteiger partial charge >= 0.3 is 0 Å². The first-order chi connectivity index (χ1) is 15.9. The van der Waals surface area contributed by atoms with Gasteiger partial charge in [0.1, 0.15) is 23.4 Å². The predicted molar refractivity (Wildman–Crippen MR) is 127 cm³/mol. The molecule has 0 aliphatic rings. The Balaban J connectivity index is 1.81. The van der Waals surface area contributed by atoms with Crippen LogP contribution in [0, 0.1) is 25.9 Å². The van der Waals surface area contributed by atoms with Gasteiger partial charge in [0.05, 0.1) is 11.1 Å². The van der Waals surface area contributed by atoms with Gasteiger partial charge in [-0.15, -0.1) is 0 Å². The van der Waals surface area contributed by atoms with E-state index in [0.29, 0.717) is 16.9 Å². The second-order valence-corrected chi connectivity index (χ2v) is 7.45. The molecule has 0 fully saturated rings. The van der Waals surface area contributed by atoms with Crippen molar-refractivity contribution in [2.45, 2.75) is 20.8 Å². The van der Waals surface area contributed by atoms with Gasteiger partial charge in [0.2, 0.25) is 5.95 Å². The number of phenolic OH excluding ortho intramolecular Hbond substituents is 2. The third-order valence-electron chi connectivity index (χ3n) is 4.82. The average Bonchev–Trinajstić information content (AvgIpc) is 2.79. The highest BCUT2D eigenvalue weighted by Gasteiger charge is 2.16. The Bertz CT molecular complexity index is 1370. The van der Waals surface area contributed by atoms with Crippen molar-refractivity contribution in [3.63, 3.8) is 0 Å². The number of aromatic nitrogens is 3. The molecule has 0 unspecified atom stereocenters. The number of nitrogens with one attached hydrogen (secondary N) is 1. The molecule has 3 N–H and O–H groups in total. The zero-order valence-corrected chi connectivity index (χ0v) is 18.4. The number of aromatic hydroxyl groups is 2. The second-order valence-electron chi connectivity index (χ2n) is 7.45. The lowest BCUT2D eigenvalue weighted by molar-refractivity contribution is 0.466. The summed E-state index contributed by atoms with van der Waals surface area (Å²) in [5.41, 5.74) is 3.67. The number of ether oxygens (including phenoxy) is 1. The van der Waals surface area contributed by atoms with Crippen molar-refractivity contribution in [1.82, 2.24) is 15.0 Å². The molecule has 0 spiro atoms. The van der Waals surface area contributed by atoms with Crippen LogP contribution in [0.5, 0.6) is 17.2 Å². The molecule has 0 atom stereocenters. The maximum atomic E-state index is 10.6. The van der Waals surface area contributed by atoms with E-state index in [1.165, 1.54) is 6.07 Å². The topological polar surface area (TPSA) is 100 Å². The minimum Gasteiger partial charge on any atom is -0.507 e. The van der Waals surface area contributed by atoms with Crippen LogP contribution in [0.1, 0.15) is 18.1 Å². The lowest BCUT2D eigenvalue weighted by Crippen LogP contribution is -2.03. The van der Waals surface area contributed by atoms with Crippen molar-refractivity contribution in [2.24, 2.45) is 0 Å². The van der Waals surface area contributed by atoms with Crippen LogP contribution in [0.15, 0.2) is 60.7 Å². The summed E-state index contributed by atoms with van der Waals surface area (Å²) < 4.78 is 5.24. The summed E-state index contributed by atoms with van der Waals surface area (Å²) >= 11 is 0. The fraction of sp³-hybridized carbons (Fsp3) is 0.115. The molecular weight excluding hydrogens is 416 g/mol. The van der Waals surface area contributed by atoms with Crippen LogP contribution in [-0.2, 0) is 0 Å². The Labute approximate surface area is 191 Å². The van der Waals surface area contributed by atoms with Crippen LogP contribution in [0.25, 0.3) is 22.8 Å². The number of aryl methyl sites for hydroxylation is 2.